The molecule has 0 radical (unpaired) electrons. The zero-order valence-corrected chi connectivity index (χ0v) is 16.8. The fraction of sp³-hybridized carbons (Fsp3) is 0.364. The molecule has 0 saturated carbocycles. The Kier molecular flexibility index (Phi) is 6.02. The Morgan fingerprint density at radius 3 is 3.03 bits per heavy atom. The Morgan fingerprint density at radius 1 is 1.33 bits per heavy atom. The number of anilines is 1. The summed E-state index contributed by atoms with van der Waals surface area (Å²) in [5, 5.41) is 7.01. The summed E-state index contributed by atoms with van der Waals surface area (Å²) in [4.78, 5) is 23.8. The van der Waals surface area contributed by atoms with Gasteiger partial charge in [0.2, 0.25) is 17.6 Å². The van der Waals surface area contributed by atoms with Crippen molar-refractivity contribution in [3.8, 4) is 11.4 Å². The Hall–Kier alpha value is -3.29. The van der Waals surface area contributed by atoms with Crippen molar-refractivity contribution in [3.05, 3.63) is 59.9 Å². The molecular weight excluding hydrogens is 385 g/mol. The van der Waals surface area contributed by atoms with Crippen LogP contribution in [-0.2, 0) is 17.8 Å². The summed E-state index contributed by atoms with van der Waals surface area (Å²) >= 11 is 0. The topological polar surface area (TPSA) is 84.2 Å². The van der Waals surface area contributed by atoms with Gasteiger partial charge in [0.25, 0.3) is 0 Å². The van der Waals surface area contributed by atoms with Gasteiger partial charge in [0, 0.05) is 32.3 Å². The average molecular weight is 409 g/mol. The lowest BCUT2D eigenvalue weighted by atomic mass is 9.96. The molecule has 4 rings (SSSR count). The molecule has 1 amide bonds. The van der Waals surface area contributed by atoms with Gasteiger partial charge in [-0.25, -0.2) is 9.37 Å². The predicted molar refractivity (Wildman–Crippen MR) is 110 cm³/mol. The van der Waals surface area contributed by atoms with Crippen LogP contribution in [0, 0.1) is 11.7 Å². The first kappa shape index (κ1) is 20.0. The van der Waals surface area contributed by atoms with Gasteiger partial charge in [0.05, 0.1) is 11.5 Å². The number of benzene rings is 1. The number of amides is 1. The van der Waals surface area contributed by atoms with E-state index in [4.69, 9.17) is 4.52 Å². The molecule has 7 nitrogen and oxygen atoms in total. The highest BCUT2D eigenvalue weighted by molar-refractivity contribution is 5.80. The van der Waals surface area contributed by atoms with Crippen LogP contribution in [0.1, 0.15) is 31.2 Å². The van der Waals surface area contributed by atoms with E-state index in [0.29, 0.717) is 31.2 Å². The lowest BCUT2D eigenvalue weighted by Crippen LogP contribution is -2.43. The number of aryl methyl sites for hydroxylation is 1. The molecule has 0 spiro atoms. The summed E-state index contributed by atoms with van der Waals surface area (Å²) in [6.45, 7) is 3.62. The smallest absolute Gasteiger partial charge is 0.226 e. The second-order valence-corrected chi connectivity index (χ2v) is 7.37. The van der Waals surface area contributed by atoms with E-state index in [2.05, 4.69) is 25.3 Å². The van der Waals surface area contributed by atoms with Crippen LogP contribution in [-0.4, -0.2) is 34.1 Å². The van der Waals surface area contributed by atoms with Gasteiger partial charge in [-0.1, -0.05) is 24.2 Å². The number of hydrogen-bond donors (Lipinski definition) is 1. The second-order valence-electron chi connectivity index (χ2n) is 7.37. The molecule has 0 unspecified atom stereocenters. The molecule has 156 valence electrons. The normalized spacial score (nSPS) is 16.5. The lowest BCUT2D eigenvalue weighted by Gasteiger charge is -2.33. The highest BCUT2D eigenvalue weighted by atomic mass is 19.1. The molecule has 1 fully saturated rings. The van der Waals surface area contributed by atoms with E-state index >= 15 is 0 Å². The SMILES string of the molecule is CCc1nc(-c2cccnc2N2CCC[C@@H](C(=O)NCc3cccc(F)c3)C2)no1. The number of nitrogens with one attached hydrogen (secondary N) is 1. The third kappa shape index (κ3) is 4.48. The van der Waals surface area contributed by atoms with E-state index < -0.39 is 0 Å². The van der Waals surface area contributed by atoms with Gasteiger partial charge in [-0.15, -0.1) is 0 Å². The van der Waals surface area contributed by atoms with Gasteiger partial charge < -0.3 is 14.7 Å². The highest BCUT2D eigenvalue weighted by Gasteiger charge is 2.28. The molecule has 8 heteroatoms. The Balaban J connectivity index is 1.46. The van der Waals surface area contributed by atoms with Crippen molar-refractivity contribution in [2.24, 2.45) is 5.92 Å². The van der Waals surface area contributed by atoms with Gasteiger partial charge in [-0.05, 0) is 42.7 Å². The zero-order chi connectivity index (χ0) is 20.9. The molecule has 30 heavy (non-hydrogen) atoms. The quantitative estimate of drug-likeness (QED) is 0.672. The number of halogens is 1. The molecule has 1 N–H and O–H groups in total. The van der Waals surface area contributed by atoms with Crippen molar-refractivity contribution < 1.29 is 13.7 Å². The maximum Gasteiger partial charge on any atom is 0.226 e. The van der Waals surface area contributed by atoms with E-state index in [1.54, 1.807) is 18.3 Å². The number of carbonyl (C=O) groups excluding carboxylic acids is 1. The van der Waals surface area contributed by atoms with Gasteiger partial charge in [0.1, 0.15) is 11.6 Å². The van der Waals surface area contributed by atoms with Crippen molar-refractivity contribution in [2.45, 2.75) is 32.7 Å². The fourth-order valence-corrected chi connectivity index (χ4v) is 3.70. The summed E-state index contributed by atoms with van der Waals surface area (Å²) < 4.78 is 18.6. The van der Waals surface area contributed by atoms with Gasteiger partial charge in [0.15, 0.2) is 0 Å². The van der Waals surface area contributed by atoms with Crippen molar-refractivity contribution >= 4 is 11.7 Å². The summed E-state index contributed by atoms with van der Waals surface area (Å²) in [5.74, 6) is 1.33. The maximum absolute atomic E-state index is 13.3. The van der Waals surface area contributed by atoms with Gasteiger partial charge in [-0.2, -0.15) is 4.98 Å². The minimum Gasteiger partial charge on any atom is -0.355 e. The highest BCUT2D eigenvalue weighted by Crippen LogP contribution is 2.30. The van der Waals surface area contributed by atoms with Crippen LogP contribution in [0.2, 0.25) is 0 Å². The minimum absolute atomic E-state index is 0.0331. The summed E-state index contributed by atoms with van der Waals surface area (Å²) in [6.07, 6.45) is 4.07. The first-order chi connectivity index (χ1) is 14.6. The molecule has 1 aliphatic rings. The van der Waals surface area contributed by atoms with Crippen LogP contribution in [0.3, 0.4) is 0 Å². The molecule has 3 aromatic rings. The molecule has 0 bridgehead atoms. The first-order valence-electron chi connectivity index (χ1n) is 10.2. The monoisotopic (exact) mass is 409 g/mol. The molecule has 3 heterocycles. The fourth-order valence-electron chi connectivity index (χ4n) is 3.70. The average Bonchev–Trinajstić information content (AvgIpc) is 3.27. The molecule has 1 aromatic carbocycles. The zero-order valence-electron chi connectivity index (χ0n) is 16.8. The van der Waals surface area contributed by atoms with Crippen LogP contribution in [0.4, 0.5) is 10.2 Å². The van der Waals surface area contributed by atoms with E-state index in [1.165, 1.54) is 12.1 Å². The summed E-state index contributed by atoms with van der Waals surface area (Å²) in [6, 6.07) is 10.0. The number of pyridine rings is 1. The number of hydrogen-bond acceptors (Lipinski definition) is 6. The van der Waals surface area contributed by atoms with E-state index in [9.17, 15) is 9.18 Å². The van der Waals surface area contributed by atoms with Crippen molar-refractivity contribution in [2.75, 3.05) is 18.0 Å². The number of rotatable bonds is 6. The molecule has 1 atom stereocenters. The van der Waals surface area contributed by atoms with Crippen molar-refractivity contribution in [1.82, 2.24) is 20.4 Å². The van der Waals surface area contributed by atoms with Crippen LogP contribution in [0.25, 0.3) is 11.4 Å². The third-order valence-electron chi connectivity index (χ3n) is 5.25. The van der Waals surface area contributed by atoms with E-state index in [1.807, 2.05) is 19.1 Å². The molecular formula is C22H24FN5O2. The minimum atomic E-state index is -0.305. The number of aromatic nitrogens is 3. The van der Waals surface area contributed by atoms with Gasteiger partial charge in [-0.3, -0.25) is 4.79 Å². The van der Waals surface area contributed by atoms with Crippen LogP contribution in [0.5, 0.6) is 0 Å². The Labute approximate surface area is 174 Å². The maximum atomic E-state index is 13.3. The Morgan fingerprint density at radius 2 is 2.23 bits per heavy atom. The van der Waals surface area contributed by atoms with Gasteiger partial charge >= 0.3 is 0 Å². The largest absolute Gasteiger partial charge is 0.355 e. The van der Waals surface area contributed by atoms with Crippen LogP contribution >= 0.6 is 0 Å². The predicted octanol–water partition coefficient (Wildman–Crippen LogP) is 3.37. The summed E-state index contributed by atoms with van der Waals surface area (Å²) in [7, 11) is 0. The van der Waals surface area contributed by atoms with E-state index in [0.717, 1.165) is 36.3 Å². The second kappa shape index (κ2) is 9.02. The van der Waals surface area contributed by atoms with Crippen LogP contribution in [0.15, 0.2) is 47.1 Å². The molecule has 0 aliphatic carbocycles. The molecule has 2 aromatic heterocycles. The number of carbonyl (C=O) groups is 1. The number of piperidine rings is 1. The number of nitrogens with zero attached hydrogens (tertiary/aromatic N) is 4. The van der Waals surface area contributed by atoms with E-state index in [-0.39, 0.29) is 17.6 Å². The van der Waals surface area contributed by atoms with Crippen molar-refractivity contribution in [3.63, 3.8) is 0 Å². The molecule has 1 saturated heterocycles. The Bertz CT molecular complexity index is 1020. The van der Waals surface area contributed by atoms with Crippen LogP contribution < -0.4 is 10.2 Å². The first-order valence-corrected chi connectivity index (χ1v) is 10.2. The molecule has 1 aliphatic heterocycles. The standard InChI is InChI=1S/C22H24FN5O2/c1-2-19-26-20(27-30-19)18-9-4-10-24-21(18)28-11-5-7-16(14-28)22(29)25-13-15-6-3-8-17(23)12-15/h3-4,6,8-10,12,16H,2,5,7,11,13-14H2,1H3,(H,25,29)/t16-/m1/s1. The third-order valence-corrected chi connectivity index (χ3v) is 5.25. The summed E-state index contributed by atoms with van der Waals surface area (Å²) in [5.41, 5.74) is 1.54. The van der Waals surface area contributed by atoms with Crippen molar-refractivity contribution in [1.29, 1.82) is 0 Å². The lowest BCUT2D eigenvalue weighted by molar-refractivity contribution is -0.125.